The molecular formula is C29H26N7+. The van der Waals surface area contributed by atoms with Gasteiger partial charge in [0.25, 0.3) is 5.65 Å². The number of fused-ring (bicyclic) bond motifs is 3. The van der Waals surface area contributed by atoms with Gasteiger partial charge in [0.1, 0.15) is 5.69 Å². The highest BCUT2D eigenvalue weighted by Gasteiger charge is 2.34. The Balaban J connectivity index is 1.48. The van der Waals surface area contributed by atoms with Crippen LogP contribution in [-0.2, 0) is 5.54 Å². The molecule has 0 radical (unpaired) electrons. The van der Waals surface area contributed by atoms with E-state index in [1.54, 1.807) is 0 Å². The largest absolute Gasteiger partial charge is 0.334 e. The van der Waals surface area contributed by atoms with E-state index in [-0.39, 0.29) is 5.54 Å². The van der Waals surface area contributed by atoms with Crippen LogP contribution in [0.1, 0.15) is 30.5 Å². The highest BCUT2D eigenvalue weighted by atomic mass is 15.4. The van der Waals surface area contributed by atoms with Crippen molar-refractivity contribution in [2.24, 2.45) is 5.73 Å². The number of nitrogens with one attached hydrogen (secondary N) is 1. The lowest BCUT2D eigenvalue weighted by Crippen LogP contribution is -2.43. The summed E-state index contributed by atoms with van der Waals surface area (Å²) in [5.74, 6) is 0.764. The molecule has 0 spiro atoms. The van der Waals surface area contributed by atoms with Crippen molar-refractivity contribution in [3.8, 4) is 28.3 Å². The van der Waals surface area contributed by atoms with Gasteiger partial charge < -0.3 is 5.73 Å². The smallest absolute Gasteiger partial charge is 0.321 e. The fourth-order valence-corrected chi connectivity index (χ4v) is 5.17. The predicted molar refractivity (Wildman–Crippen MR) is 139 cm³/mol. The maximum absolute atomic E-state index is 6.59. The molecular weight excluding hydrogens is 446 g/mol. The molecule has 1 aliphatic carbocycles. The van der Waals surface area contributed by atoms with E-state index in [0.717, 1.165) is 63.4 Å². The molecule has 7 nitrogen and oxygen atoms in total. The molecule has 0 aliphatic heterocycles. The number of H-pyrrole nitrogens is 1. The Labute approximate surface area is 208 Å². The Morgan fingerprint density at radius 3 is 2.47 bits per heavy atom. The lowest BCUT2D eigenvalue weighted by Gasteiger charge is -2.38. The molecule has 0 atom stereocenters. The van der Waals surface area contributed by atoms with Crippen molar-refractivity contribution >= 4 is 16.6 Å². The SMILES string of the molecule is Cc1cc(-c2nn(-c3ccc(C4(N)CCC4)cc3)c3c4cc(-c5ccccc5)cnc4cc[n+]23)n[nH]1. The topological polar surface area (TPSA) is 89.5 Å². The first-order valence-electron chi connectivity index (χ1n) is 12.3. The third-order valence-corrected chi connectivity index (χ3v) is 7.37. The lowest BCUT2D eigenvalue weighted by molar-refractivity contribution is -0.498. The van der Waals surface area contributed by atoms with Crippen LogP contribution in [0.2, 0.25) is 0 Å². The summed E-state index contributed by atoms with van der Waals surface area (Å²) in [6.45, 7) is 1.99. The number of benzene rings is 2. The van der Waals surface area contributed by atoms with Crippen molar-refractivity contribution < 1.29 is 4.40 Å². The van der Waals surface area contributed by atoms with Crippen molar-refractivity contribution in [2.45, 2.75) is 31.7 Å². The van der Waals surface area contributed by atoms with Crippen LogP contribution >= 0.6 is 0 Å². The van der Waals surface area contributed by atoms with Gasteiger partial charge in [-0.1, -0.05) is 47.1 Å². The number of rotatable bonds is 4. The minimum absolute atomic E-state index is 0.196. The van der Waals surface area contributed by atoms with Crippen LogP contribution in [-0.4, -0.2) is 25.0 Å². The zero-order valence-corrected chi connectivity index (χ0v) is 20.0. The highest BCUT2D eigenvalue weighted by Crippen LogP contribution is 2.39. The molecule has 0 saturated heterocycles. The number of nitrogens with zero attached hydrogens (tertiary/aromatic N) is 5. The van der Waals surface area contributed by atoms with Crippen LogP contribution in [0, 0.1) is 6.92 Å². The second-order valence-electron chi connectivity index (χ2n) is 9.76. The quantitative estimate of drug-likeness (QED) is 0.359. The fourth-order valence-electron chi connectivity index (χ4n) is 5.17. The Morgan fingerprint density at radius 1 is 0.972 bits per heavy atom. The molecule has 4 aromatic heterocycles. The van der Waals surface area contributed by atoms with Gasteiger partial charge in [-0.3, -0.25) is 10.1 Å². The summed E-state index contributed by atoms with van der Waals surface area (Å²) >= 11 is 0. The van der Waals surface area contributed by atoms with Gasteiger partial charge in [0, 0.05) is 23.0 Å². The van der Waals surface area contributed by atoms with E-state index in [4.69, 9.17) is 15.8 Å². The van der Waals surface area contributed by atoms with Gasteiger partial charge >= 0.3 is 5.82 Å². The number of hydrogen-bond donors (Lipinski definition) is 2. The number of aryl methyl sites for hydroxylation is 1. The van der Waals surface area contributed by atoms with Crippen LogP contribution in [0.25, 0.3) is 44.9 Å². The molecule has 4 heterocycles. The lowest BCUT2D eigenvalue weighted by atomic mass is 9.73. The zero-order valence-electron chi connectivity index (χ0n) is 20.0. The van der Waals surface area contributed by atoms with Gasteiger partial charge in [-0.05, 0) is 67.6 Å². The summed E-state index contributed by atoms with van der Waals surface area (Å²) < 4.78 is 4.09. The Hall–Kier alpha value is -4.36. The van der Waals surface area contributed by atoms with E-state index < -0.39 is 0 Å². The van der Waals surface area contributed by atoms with E-state index >= 15 is 0 Å². The molecule has 0 amide bonds. The Morgan fingerprint density at radius 2 is 1.78 bits per heavy atom. The maximum atomic E-state index is 6.59. The predicted octanol–water partition coefficient (Wildman–Crippen LogP) is 4.86. The minimum Gasteiger partial charge on any atom is -0.321 e. The normalized spacial score (nSPS) is 14.8. The third-order valence-electron chi connectivity index (χ3n) is 7.37. The van der Waals surface area contributed by atoms with Gasteiger partial charge in [-0.15, -0.1) is 0 Å². The summed E-state index contributed by atoms with van der Waals surface area (Å²) in [5, 5.41) is 13.6. The fraction of sp³-hybridized carbons (Fsp3) is 0.172. The number of aromatic amines is 1. The molecule has 1 fully saturated rings. The summed E-state index contributed by atoms with van der Waals surface area (Å²) in [5.41, 5.74) is 14.4. The zero-order chi connectivity index (χ0) is 24.3. The van der Waals surface area contributed by atoms with Gasteiger partial charge in [-0.25, -0.2) is 0 Å². The number of aromatic nitrogens is 6. The van der Waals surface area contributed by atoms with Crippen molar-refractivity contribution in [3.05, 3.63) is 96.4 Å². The van der Waals surface area contributed by atoms with Crippen LogP contribution in [0.4, 0.5) is 0 Å². The average molecular weight is 473 g/mol. The molecule has 6 aromatic rings. The number of pyridine rings is 2. The summed E-state index contributed by atoms with van der Waals surface area (Å²) in [6.07, 6.45) is 7.21. The Kier molecular flexibility index (Phi) is 4.56. The third kappa shape index (κ3) is 3.24. The van der Waals surface area contributed by atoms with Crippen molar-refractivity contribution in [2.75, 3.05) is 0 Å². The first-order valence-corrected chi connectivity index (χ1v) is 12.3. The van der Waals surface area contributed by atoms with Crippen LogP contribution in [0.3, 0.4) is 0 Å². The van der Waals surface area contributed by atoms with Crippen LogP contribution in [0.5, 0.6) is 0 Å². The maximum Gasteiger partial charge on any atom is 0.334 e. The molecule has 7 rings (SSSR count). The first kappa shape index (κ1) is 21.0. The number of hydrogen-bond acceptors (Lipinski definition) is 4. The minimum atomic E-state index is -0.196. The second kappa shape index (κ2) is 7.83. The second-order valence-corrected chi connectivity index (χ2v) is 9.76. The van der Waals surface area contributed by atoms with Gasteiger partial charge in [-0.2, -0.15) is 9.50 Å². The molecule has 36 heavy (non-hydrogen) atoms. The summed E-state index contributed by atoms with van der Waals surface area (Å²) in [7, 11) is 0. The number of nitrogens with two attached hydrogens (primary N) is 1. The molecule has 0 bridgehead atoms. The van der Waals surface area contributed by atoms with Crippen LogP contribution < -0.4 is 10.1 Å². The summed E-state index contributed by atoms with van der Waals surface area (Å²) in [6, 6.07) is 25.1. The van der Waals surface area contributed by atoms with Gasteiger partial charge in [0.15, 0.2) is 5.69 Å². The van der Waals surface area contributed by atoms with E-state index in [9.17, 15) is 0 Å². The average Bonchev–Trinajstić information content (AvgIpc) is 3.51. The van der Waals surface area contributed by atoms with Crippen LogP contribution in [0.15, 0.2) is 85.2 Å². The van der Waals surface area contributed by atoms with E-state index in [0.29, 0.717) is 0 Å². The van der Waals surface area contributed by atoms with E-state index in [2.05, 4.69) is 57.1 Å². The van der Waals surface area contributed by atoms with Crippen molar-refractivity contribution in [1.29, 1.82) is 0 Å². The molecule has 2 aromatic carbocycles. The molecule has 7 heteroatoms. The van der Waals surface area contributed by atoms with E-state index in [1.807, 2.05) is 54.3 Å². The molecule has 3 N–H and O–H groups in total. The molecule has 0 unspecified atom stereocenters. The molecule has 1 aliphatic rings. The van der Waals surface area contributed by atoms with Gasteiger partial charge in [0.2, 0.25) is 0 Å². The first-order chi connectivity index (χ1) is 17.6. The van der Waals surface area contributed by atoms with Crippen molar-refractivity contribution in [1.82, 2.24) is 25.0 Å². The standard InChI is InChI=1S/C29H26N7/c1-19-16-26(33-32-19)27-34-36(23-10-8-22(9-11-23)29(30)13-5-14-29)28-24-17-21(20-6-3-2-4-7-20)18-31-25(24)12-15-35(27)28/h2-4,6-12,15-18H,5,13-14,30H2,1H3,(H,32,33)/q+1. The summed E-state index contributed by atoms with van der Waals surface area (Å²) in [4.78, 5) is 4.80. The monoisotopic (exact) mass is 472 g/mol. The molecule has 1 saturated carbocycles. The highest BCUT2D eigenvalue weighted by molar-refractivity contribution is 5.93. The Bertz CT molecular complexity index is 1730. The van der Waals surface area contributed by atoms with Crippen molar-refractivity contribution in [3.63, 3.8) is 0 Å². The van der Waals surface area contributed by atoms with Gasteiger partial charge in [0.05, 0.1) is 22.2 Å². The van der Waals surface area contributed by atoms with E-state index in [1.165, 1.54) is 12.0 Å². The molecule has 176 valence electrons.